The van der Waals surface area contributed by atoms with E-state index in [1.807, 2.05) is 0 Å². The van der Waals surface area contributed by atoms with E-state index < -0.39 is 22.8 Å². The number of rotatable bonds is 9. The van der Waals surface area contributed by atoms with Crippen molar-refractivity contribution in [1.82, 2.24) is 10.6 Å². The zero-order valence-corrected chi connectivity index (χ0v) is 16.8. The minimum atomic E-state index is -0.841. The van der Waals surface area contributed by atoms with Crippen LogP contribution in [0.4, 0.5) is 11.4 Å². The number of nitrogens with one attached hydrogen (secondary N) is 4. The average molecular weight is 435 g/mol. The average Bonchev–Trinajstić information content (AvgIpc) is 2.71. The van der Waals surface area contributed by atoms with Crippen molar-refractivity contribution in [1.29, 1.82) is 5.41 Å². The molecule has 0 saturated heterocycles. The summed E-state index contributed by atoms with van der Waals surface area (Å²) in [5.41, 5.74) is 5.94. The van der Waals surface area contributed by atoms with Crippen LogP contribution in [0.1, 0.15) is 23.2 Å². The highest BCUT2D eigenvalue weighted by molar-refractivity contribution is 6.01. The number of carbonyl (C=O) groups excluding carboxylic acids is 2. The van der Waals surface area contributed by atoms with E-state index in [4.69, 9.17) is 11.1 Å². The van der Waals surface area contributed by atoms with E-state index in [1.165, 1.54) is 24.3 Å². The van der Waals surface area contributed by atoms with Gasteiger partial charge in [0.15, 0.2) is 5.96 Å². The van der Waals surface area contributed by atoms with Crippen molar-refractivity contribution in [3.63, 3.8) is 0 Å². The standard InChI is InChI=1S/C19H22N6O4.ClH/c20-19(21)22-12-4-7-16(24-17(26)13-5-2-1-3-6-13)18(27)23-14-8-10-15(11-9-14)25(28)29;/h1-3,5-6,8-11,16H,4,7,12H2,(H,23,27)(H,24,26)(H4,20,21,22);1H/t16-;/m1./s1. The molecule has 2 aromatic carbocycles. The second-order valence-electron chi connectivity index (χ2n) is 6.17. The van der Waals surface area contributed by atoms with Gasteiger partial charge in [0, 0.05) is 29.9 Å². The van der Waals surface area contributed by atoms with Gasteiger partial charge in [-0.3, -0.25) is 25.1 Å². The van der Waals surface area contributed by atoms with Crippen LogP contribution in [0.15, 0.2) is 54.6 Å². The highest BCUT2D eigenvalue weighted by Gasteiger charge is 2.21. The maximum atomic E-state index is 12.7. The van der Waals surface area contributed by atoms with Crippen LogP contribution in [-0.2, 0) is 4.79 Å². The maximum Gasteiger partial charge on any atom is 0.269 e. The summed E-state index contributed by atoms with van der Waals surface area (Å²) in [7, 11) is 0. The first-order valence-electron chi connectivity index (χ1n) is 8.86. The van der Waals surface area contributed by atoms with E-state index >= 15 is 0 Å². The number of anilines is 1. The van der Waals surface area contributed by atoms with E-state index in [9.17, 15) is 19.7 Å². The summed E-state index contributed by atoms with van der Waals surface area (Å²) in [6.45, 7) is 0.373. The fourth-order valence-corrected chi connectivity index (χ4v) is 2.53. The van der Waals surface area contributed by atoms with E-state index in [1.54, 1.807) is 30.3 Å². The third-order valence-electron chi connectivity index (χ3n) is 3.99. The number of benzene rings is 2. The van der Waals surface area contributed by atoms with Gasteiger partial charge in [-0.15, -0.1) is 12.4 Å². The molecule has 0 bridgehead atoms. The van der Waals surface area contributed by atoms with E-state index in [2.05, 4.69) is 16.0 Å². The van der Waals surface area contributed by atoms with Crippen LogP contribution >= 0.6 is 12.4 Å². The van der Waals surface area contributed by atoms with Crippen molar-refractivity contribution < 1.29 is 14.5 Å². The normalized spacial score (nSPS) is 10.8. The van der Waals surface area contributed by atoms with Gasteiger partial charge in [-0.1, -0.05) is 18.2 Å². The number of non-ortho nitro benzene ring substituents is 1. The predicted octanol–water partition coefficient (Wildman–Crippen LogP) is 2.02. The Kier molecular flexibility index (Phi) is 9.77. The van der Waals surface area contributed by atoms with Gasteiger partial charge in [0.1, 0.15) is 6.04 Å². The number of hydrogen-bond donors (Lipinski definition) is 5. The molecular formula is C19H23ClN6O4. The van der Waals surface area contributed by atoms with Gasteiger partial charge in [0.25, 0.3) is 11.6 Å². The minimum Gasteiger partial charge on any atom is -0.370 e. The lowest BCUT2D eigenvalue weighted by Crippen LogP contribution is -2.44. The molecule has 2 rings (SSSR count). The molecule has 0 fully saturated rings. The molecular weight excluding hydrogens is 412 g/mol. The molecule has 0 saturated carbocycles. The van der Waals surface area contributed by atoms with Gasteiger partial charge >= 0.3 is 0 Å². The number of hydrogen-bond acceptors (Lipinski definition) is 5. The SMILES string of the molecule is Cl.N=C(N)NCCC[C@@H](NC(=O)c1ccccc1)C(=O)Nc1ccc([N+](=O)[O-])cc1. The Bertz CT molecular complexity index is 876. The second kappa shape index (κ2) is 12.0. The molecule has 10 nitrogen and oxygen atoms in total. The molecule has 11 heteroatoms. The first kappa shape index (κ1) is 24.4. The topological polar surface area (TPSA) is 163 Å². The van der Waals surface area contributed by atoms with E-state index in [-0.39, 0.29) is 24.1 Å². The summed E-state index contributed by atoms with van der Waals surface area (Å²) in [6, 6.07) is 13.1. The van der Waals surface area contributed by atoms with Gasteiger partial charge in [-0.05, 0) is 37.1 Å². The molecule has 0 unspecified atom stereocenters. The largest absolute Gasteiger partial charge is 0.370 e. The van der Waals surface area contributed by atoms with Crippen molar-refractivity contribution in [3.05, 3.63) is 70.3 Å². The Hall–Kier alpha value is -3.66. The Morgan fingerprint density at radius 3 is 2.30 bits per heavy atom. The highest BCUT2D eigenvalue weighted by atomic mass is 35.5. The molecule has 0 radical (unpaired) electrons. The number of halogens is 1. The van der Waals surface area contributed by atoms with E-state index in [0.29, 0.717) is 30.6 Å². The molecule has 1 atom stereocenters. The Morgan fingerprint density at radius 2 is 1.73 bits per heavy atom. The first-order valence-corrected chi connectivity index (χ1v) is 8.86. The highest BCUT2D eigenvalue weighted by Crippen LogP contribution is 2.16. The van der Waals surface area contributed by atoms with Crippen LogP contribution in [0, 0.1) is 15.5 Å². The molecule has 2 aromatic rings. The Morgan fingerprint density at radius 1 is 1.10 bits per heavy atom. The van der Waals surface area contributed by atoms with Crippen LogP contribution in [0.2, 0.25) is 0 Å². The lowest BCUT2D eigenvalue weighted by Gasteiger charge is -2.19. The number of nitrogens with two attached hydrogens (primary N) is 1. The molecule has 2 amide bonds. The molecule has 0 spiro atoms. The summed E-state index contributed by atoms with van der Waals surface area (Å²) in [5.74, 6) is -1.02. The zero-order chi connectivity index (χ0) is 21.2. The van der Waals surface area contributed by atoms with Crippen LogP contribution in [0.25, 0.3) is 0 Å². The van der Waals surface area contributed by atoms with Crippen molar-refractivity contribution in [3.8, 4) is 0 Å². The quantitative estimate of drug-likeness (QED) is 0.133. The van der Waals surface area contributed by atoms with Crippen LogP contribution in [-0.4, -0.2) is 35.3 Å². The van der Waals surface area contributed by atoms with Gasteiger partial charge in [-0.2, -0.15) is 0 Å². The van der Waals surface area contributed by atoms with E-state index in [0.717, 1.165) is 0 Å². The lowest BCUT2D eigenvalue weighted by molar-refractivity contribution is -0.384. The fourth-order valence-electron chi connectivity index (χ4n) is 2.53. The number of amides is 2. The first-order chi connectivity index (χ1) is 13.9. The monoisotopic (exact) mass is 434 g/mol. The van der Waals surface area contributed by atoms with Crippen LogP contribution in [0.3, 0.4) is 0 Å². The van der Waals surface area contributed by atoms with Crippen molar-refractivity contribution in [2.24, 2.45) is 5.73 Å². The summed E-state index contributed by atoms with van der Waals surface area (Å²) < 4.78 is 0. The molecule has 30 heavy (non-hydrogen) atoms. The number of nitro benzene ring substituents is 1. The van der Waals surface area contributed by atoms with Crippen LogP contribution < -0.4 is 21.7 Å². The number of nitro groups is 1. The molecule has 6 N–H and O–H groups in total. The van der Waals surface area contributed by atoms with Gasteiger partial charge in [0.2, 0.25) is 5.91 Å². The Labute approximate surface area is 179 Å². The number of nitrogens with zero attached hydrogens (tertiary/aromatic N) is 1. The van der Waals surface area contributed by atoms with Gasteiger partial charge in [0.05, 0.1) is 4.92 Å². The molecule has 0 heterocycles. The fraction of sp³-hybridized carbons (Fsp3) is 0.211. The summed E-state index contributed by atoms with van der Waals surface area (Å²) in [6.07, 6.45) is 0.782. The molecule has 0 aromatic heterocycles. The Balaban J connectivity index is 0.00000450. The number of carbonyl (C=O) groups is 2. The summed E-state index contributed by atoms with van der Waals surface area (Å²) in [4.78, 5) is 35.3. The zero-order valence-electron chi connectivity index (χ0n) is 16.0. The van der Waals surface area contributed by atoms with Crippen LogP contribution in [0.5, 0.6) is 0 Å². The molecule has 0 aliphatic rings. The smallest absolute Gasteiger partial charge is 0.269 e. The predicted molar refractivity (Wildman–Crippen MR) is 116 cm³/mol. The summed E-state index contributed by atoms with van der Waals surface area (Å²) >= 11 is 0. The van der Waals surface area contributed by atoms with Gasteiger partial charge < -0.3 is 21.7 Å². The lowest BCUT2D eigenvalue weighted by atomic mass is 10.1. The second-order valence-corrected chi connectivity index (χ2v) is 6.17. The molecule has 0 aliphatic carbocycles. The van der Waals surface area contributed by atoms with Crippen molar-refractivity contribution in [2.75, 3.05) is 11.9 Å². The molecule has 0 aliphatic heterocycles. The van der Waals surface area contributed by atoms with Gasteiger partial charge in [-0.25, -0.2) is 0 Å². The minimum absolute atomic E-state index is 0. The number of guanidine groups is 1. The van der Waals surface area contributed by atoms with Crippen molar-refractivity contribution >= 4 is 41.6 Å². The third kappa shape index (κ3) is 7.76. The maximum absolute atomic E-state index is 12.7. The third-order valence-corrected chi connectivity index (χ3v) is 3.99. The van der Waals surface area contributed by atoms with Crippen molar-refractivity contribution in [2.45, 2.75) is 18.9 Å². The summed E-state index contributed by atoms with van der Waals surface area (Å²) in [5, 5.41) is 25.9. The molecule has 160 valence electrons.